The number of halogens is 2. The molecule has 17 heavy (non-hydrogen) atoms. The van der Waals surface area contributed by atoms with Crippen molar-refractivity contribution in [3.63, 3.8) is 0 Å². The van der Waals surface area contributed by atoms with Crippen molar-refractivity contribution in [1.82, 2.24) is 4.90 Å². The van der Waals surface area contributed by atoms with Crippen molar-refractivity contribution in [3.05, 3.63) is 40.4 Å². The molecule has 3 nitrogen and oxygen atoms in total. The van der Waals surface area contributed by atoms with E-state index in [4.69, 9.17) is 5.11 Å². The van der Waals surface area contributed by atoms with Crippen LogP contribution >= 0.6 is 38.5 Å². The molecule has 5 heteroatoms. The number of hydrogen-bond acceptors (Lipinski definition) is 2. The van der Waals surface area contributed by atoms with E-state index in [-0.39, 0.29) is 6.54 Å². The number of hydrogen-bond donors (Lipinski definition) is 1. The SMILES string of the molecule is CN(CC=C(I)c1ccc(Br)cc1)CC(=O)O. The molecule has 0 saturated carbocycles. The Bertz CT molecular complexity index is 417. The molecule has 0 spiro atoms. The summed E-state index contributed by atoms with van der Waals surface area (Å²) < 4.78 is 2.17. The molecule has 0 aliphatic heterocycles. The minimum absolute atomic E-state index is 0.0563. The molecule has 1 N–H and O–H groups in total. The number of nitrogens with zero attached hydrogens (tertiary/aromatic N) is 1. The van der Waals surface area contributed by atoms with Gasteiger partial charge in [0.15, 0.2) is 0 Å². The fourth-order valence-electron chi connectivity index (χ4n) is 1.26. The van der Waals surface area contributed by atoms with Crippen LogP contribution in [0.1, 0.15) is 5.56 Å². The Labute approximate surface area is 123 Å². The van der Waals surface area contributed by atoms with Crippen LogP contribution in [0.3, 0.4) is 0 Å². The van der Waals surface area contributed by atoms with Crippen LogP contribution in [0.2, 0.25) is 0 Å². The summed E-state index contributed by atoms with van der Waals surface area (Å²) in [6, 6.07) is 8.03. The van der Waals surface area contributed by atoms with Crippen molar-refractivity contribution in [1.29, 1.82) is 0 Å². The second kappa shape index (κ2) is 7.13. The number of carboxylic acid groups (broad SMARTS) is 1. The highest BCUT2D eigenvalue weighted by molar-refractivity contribution is 14.1. The monoisotopic (exact) mass is 409 g/mol. The maximum atomic E-state index is 10.5. The Balaban J connectivity index is 2.60. The van der Waals surface area contributed by atoms with E-state index >= 15 is 0 Å². The number of benzene rings is 1. The van der Waals surface area contributed by atoms with Crippen LogP contribution in [-0.4, -0.2) is 36.1 Å². The van der Waals surface area contributed by atoms with E-state index in [0.717, 1.165) is 13.6 Å². The summed E-state index contributed by atoms with van der Waals surface area (Å²) in [6.45, 7) is 0.682. The maximum Gasteiger partial charge on any atom is 0.317 e. The first-order valence-corrected chi connectivity index (χ1v) is 6.88. The summed E-state index contributed by atoms with van der Waals surface area (Å²) in [4.78, 5) is 12.2. The summed E-state index contributed by atoms with van der Waals surface area (Å²) in [7, 11) is 1.79. The van der Waals surface area contributed by atoms with E-state index in [2.05, 4.69) is 38.5 Å². The van der Waals surface area contributed by atoms with Gasteiger partial charge in [-0.25, -0.2) is 0 Å². The predicted molar refractivity (Wildman–Crippen MR) is 81.3 cm³/mol. The average Bonchev–Trinajstić information content (AvgIpc) is 2.26. The summed E-state index contributed by atoms with van der Waals surface area (Å²) in [5.74, 6) is -0.806. The van der Waals surface area contributed by atoms with Gasteiger partial charge in [0.25, 0.3) is 0 Å². The number of carboxylic acids is 1. The van der Waals surface area contributed by atoms with Crippen LogP contribution in [0, 0.1) is 0 Å². The molecule has 92 valence electrons. The highest BCUT2D eigenvalue weighted by Gasteiger charge is 2.03. The molecule has 0 saturated heterocycles. The molecule has 0 amide bonds. The topological polar surface area (TPSA) is 40.5 Å². The maximum absolute atomic E-state index is 10.5. The zero-order chi connectivity index (χ0) is 12.8. The van der Waals surface area contributed by atoms with E-state index in [9.17, 15) is 4.79 Å². The fourth-order valence-corrected chi connectivity index (χ4v) is 2.08. The molecule has 0 fully saturated rings. The number of aliphatic carboxylic acids is 1. The van der Waals surface area contributed by atoms with Gasteiger partial charge in [0.05, 0.1) is 6.54 Å². The van der Waals surface area contributed by atoms with E-state index in [1.54, 1.807) is 11.9 Å². The Morgan fingerprint density at radius 2 is 2.06 bits per heavy atom. The fraction of sp³-hybridized carbons (Fsp3) is 0.250. The summed E-state index contributed by atoms with van der Waals surface area (Å²) in [6.07, 6.45) is 2.02. The van der Waals surface area contributed by atoms with Crippen molar-refractivity contribution in [2.75, 3.05) is 20.1 Å². The molecule has 0 heterocycles. The second-order valence-corrected chi connectivity index (χ2v) is 5.73. The zero-order valence-corrected chi connectivity index (χ0v) is 13.1. The van der Waals surface area contributed by atoms with E-state index in [0.29, 0.717) is 6.54 Å². The normalized spacial score (nSPS) is 11.9. The first kappa shape index (κ1) is 14.7. The third-order valence-electron chi connectivity index (χ3n) is 2.11. The molecule has 1 aromatic carbocycles. The van der Waals surface area contributed by atoms with Crippen LogP contribution < -0.4 is 0 Å². The Hall–Kier alpha value is -0.400. The number of rotatable bonds is 5. The highest BCUT2D eigenvalue weighted by Crippen LogP contribution is 2.23. The van der Waals surface area contributed by atoms with Crippen LogP contribution in [-0.2, 0) is 4.79 Å². The molecule has 0 bridgehead atoms. The minimum atomic E-state index is -0.806. The number of likely N-dealkylation sites (N-methyl/N-ethyl adjacent to an activating group) is 1. The van der Waals surface area contributed by atoms with Crippen molar-refractivity contribution in [2.24, 2.45) is 0 Å². The minimum Gasteiger partial charge on any atom is -0.480 e. The molecular weight excluding hydrogens is 397 g/mol. The molecule has 0 atom stereocenters. The Morgan fingerprint density at radius 1 is 1.47 bits per heavy atom. The average molecular weight is 410 g/mol. The third kappa shape index (κ3) is 5.65. The van der Waals surface area contributed by atoms with Gasteiger partial charge in [-0.15, -0.1) is 0 Å². The van der Waals surface area contributed by atoms with Gasteiger partial charge in [-0.05, 0) is 47.3 Å². The predicted octanol–water partition coefficient (Wildman–Crippen LogP) is 3.24. The molecule has 0 unspecified atom stereocenters. The van der Waals surface area contributed by atoms with Crippen LogP contribution in [0.5, 0.6) is 0 Å². The van der Waals surface area contributed by atoms with E-state index in [1.807, 2.05) is 30.3 Å². The van der Waals surface area contributed by atoms with E-state index < -0.39 is 5.97 Å². The lowest BCUT2D eigenvalue weighted by Gasteiger charge is -2.11. The molecule has 0 aliphatic carbocycles. The summed E-state index contributed by atoms with van der Waals surface area (Å²) in [5.41, 5.74) is 1.14. The van der Waals surface area contributed by atoms with Crippen LogP contribution in [0.15, 0.2) is 34.8 Å². The van der Waals surface area contributed by atoms with Crippen LogP contribution in [0.25, 0.3) is 3.58 Å². The number of carbonyl (C=O) groups is 1. The zero-order valence-electron chi connectivity index (χ0n) is 9.36. The van der Waals surface area contributed by atoms with Crippen LogP contribution in [0.4, 0.5) is 0 Å². The molecule has 0 aromatic heterocycles. The van der Waals surface area contributed by atoms with Crippen molar-refractivity contribution >= 4 is 48.1 Å². The molecule has 0 radical (unpaired) electrons. The molecule has 0 aliphatic rings. The lowest BCUT2D eigenvalue weighted by atomic mass is 10.2. The van der Waals surface area contributed by atoms with Gasteiger partial charge in [-0.3, -0.25) is 9.69 Å². The van der Waals surface area contributed by atoms with Gasteiger partial charge in [0, 0.05) is 14.6 Å². The first-order chi connectivity index (χ1) is 7.99. The lowest BCUT2D eigenvalue weighted by Crippen LogP contribution is -2.25. The largest absolute Gasteiger partial charge is 0.480 e. The van der Waals surface area contributed by atoms with Gasteiger partial charge in [-0.1, -0.05) is 34.1 Å². The second-order valence-electron chi connectivity index (χ2n) is 3.65. The van der Waals surface area contributed by atoms with Gasteiger partial charge >= 0.3 is 5.97 Å². The van der Waals surface area contributed by atoms with Gasteiger partial charge in [-0.2, -0.15) is 0 Å². The van der Waals surface area contributed by atoms with Gasteiger partial charge < -0.3 is 5.11 Å². The molecule has 1 rings (SSSR count). The Kier molecular flexibility index (Phi) is 6.15. The smallest absolute Gasteiger partial charge is 0.317 e. The van der Waals surface area contributed by atoms with Gasteiger partial charge in [0.2, 0.25) is 0 Å². The van der Waals surface area contributed by atoms with Crippen molar-refractivity contribution in [2.45, 2.75) is 0 Å². The lowest BCUT2D eigenvalue weighted by molar-refractivity contribution is -0.137. The molecule has 1 aromatic rings. The van der Waals surface area contributed by atoms with Crippen molar-refractivity contribution in [3.8, 4) is 0 Å². The summed E-state index contributed by atoms with van der Waals surface area (Å²) >= 11 is 5.65. The van der Waals surface area contributed by atoms with E-state index in [1.165, 1.54) is 0 Å². The van der Waals surface area contributed by atoms with Crippen molar-refractivity contribution < 1.29 is 9.90 Å². The standard InChI is InChI=1S/C12H13BrINO2/c1-15(8-12(16)17)7-6-11(14)9-2-4-10(13)5-3-9/h2-6H,7-8H2,1H3,(H,16,17). The Morgan fingerprint density at radius 3 is 2.59 bits per heavy atom. The third-order valence-corrected chi connectivity index (χ3v) is 3.70. The first-order valence-electron chi connectivity index (χ1n) is 5.01. The quantitative estimate of drug-likeness (QED) is 0.759. The highest BCUT2D eigenvalue weighted by atomic mass is 127. The summed E-state index contributed by atoms with van der Waals surface area (Å²) in [5, 5.41) is 8.63. The van der Waals surface area contributed by atoms with Gasteiger partial charge in [0.1, 0.15) is 0 Å². The molecular formula is C12H13BrINO2.